The molecule has 0 bridgehead atoms. The van der Waals surface area contributed by atoms with Gasteiger partial charge in [-0.15, -0.1) is 0 Å². The molecule has 0 spiro atoms. The van der Waals surface area contributed by atoms with E-state index >= 15 is 0 Å². The van der Waals surface area contributed by atoms with Crippen molar-refractivity contribution >= 4 is 5.97 Å². The predicted octanol–water partition coefficient (Wildman–Crippen LogP) is 2.43. The molecule has 4 nitrogen and oxygen atoms in total. The van der Waals surface area contributed by atoms with Crippen molar-refractivity contribution < 1.29 is 9.90 Å². The van der Waals surface area contributed by atoms with Gasteiger partial charge in [0, 0.05) is 11.8 Å². The van der Waals surface area contributed by atoms with Gasteiger partial charge < -0.3 is 5.11 Å². The summed E-state index contributed by atoms with van der Waals surface area (Å²) in [6.45, 7) is 5.89. The average Bonchev–Trinajstić information content (AvgIpc) is 2.67. The maximum Gasteiger partial charge on any atom is 0.310 e. The number of carboxylic acid groups (broad SMARTS) is 1. The molecule has 0 amide bonds. The number of hydrogen-bond donors (Lipinski definition) is 1. The number of rotatable bonds is 5. The first-order chi connectivity index (χ1) is 7.10. The van der Waals surface area contributed by atoms with E-state index in [9.17, 15) is 4.79 Å². The summed E-state index contributed by atoms with van der Waals surface area (Å²) in [5.41, 5.74) is 0.773. The third-order valence-electron chi connectivity index (χ3n) is 2.81. The fourth-order valence-corrected chi connectivity index (χ4v) is 1.58. The highest BCUT2D eigenvalue weighted by Gasteiger charge is 2.17. The van der Waals surface area contributed by atoms with Crippen molar-refractivity contribution in [3.05, 3.63) is 18.0 Å². The first-order valence-electron chi connectivity index (χ1n) is 5.37. The number of aliphatic carboxylic acids is 1. The van der Waals surface area contributed by atoms with Crippen LogP contribution in [0.15, 0.2) is 12.4 Å². The molecule has 1 aromatic heterocycles. The van der Waals surface area contributed by atoms with Gasteiger partial charge >= 0.3 is 5.97 Å². The quantitative estimate of drug-likeness (QED) is 0.812. The van der Waals surface area contributed by atoms with E-state index in [1.165, 1.54) is 0 Å². The topological polar surface area (TPSA) is 55.1 Å². The molecular formula is C11H18N2O2. The van der Waals surface area contributed by atoms with Gasteiger partial charge in [-0.05, 0) is 19.8 Å². The lowest BCUT2D eigenvalue weighted by Gasteiger charge is -2.12. The van der Waals surface area contributed by atoms with Crippen molar-refractivity contribution in [2.45, 2.75) is 45.6 Å². The molecule has 1 N–H and O–H groups in total. The zero-order chi connectivity index (χ0) is 11.4. The van der Waals surface area contributed by atoms with Gasteiger partial charge in [-0.1, -0.05) is 13.8 Å². The van der Waals surface area contributed by atoms with Crippen molar-refractivity contribution in [1.82, 2.24) is 9.78 Å². The van der Waals surface area contributed by atoms with Gasteiger partial charge in [0.05, 0.1) is 18.2 Å². The van der Waals surface area contributed by atoms with Crippen LogP contribution in [0.5, 0.6) is 0 Å². The standard InChI is InChI=1S/C11H18N2O2/c1-4-10(5-2)13-7-9(6-12-13)8(3)11(14)15/h6-8,10H,4-5H2,1-3H3,(H,14,15). The number of hydrogen-bond acceptors (Lipinski definition) is 2. The Morgan fingerprint density at radius 2 is 2.13 bits per heavy atom. The van der Waals surface area contributed by atoms with Crippen molar-refractivity contribution in [2.75, 3.05) is 0 Å². The fourth-order valence-electron chi connectivity index (χ4n) is 1.58. The number of carbonyl (C=O) groups is 1. The molecule has 1 heterocycles. The summed E-state index contributed by atoms with van der Waals surface area (Å²) in [7, 11) is 0. The van der Waals surface area contributed by atoms with Crippen LogP contribution in [0.2, 0.25) is 0 Å². The van der Waals surface area contributed by atoms with Crippen molar-refractivity contribution in [3.8, 4) is 0 Å². The van der Waals surface area contributed by atoms with E-state index in [0.29, 0.717) is 6.04 Å². The molecule has 0 aromatic carbocycles. The van der Waals surface area contributed by atoms with Gasteiger partial charge in [-0.3, -0.25) is 9.48 Å². The summed E-state index contributed by atoms with van der Waals surface area (Å²) in [6.07, 6.45) is 5.52. The molecule has 84 valence electrons. The van der Waals surface area contributed by atoms with Crippen LogP contribution in [0.25, 0.3) is 0 Å². The van der Waals surface area contributed by atoms with Crippen LogP contribution in [0, 0.1) is 0 Å². The molecule has 1 rings (SSSR count). The van der Waals surface area contributed by atoms with Crippen molar-refractivity contribution in [1.29, 1.82) is 0 Å². The smallest absolute Gasteiger partial charge is 0.310 e. The Labute approximate surface area is 89.9 Å². The summed E-state index contributed by atoms with van der Waals surface area (Å²) in [4.78, 5) is 10.8. The molecule has 0 radical (unpaired) electrons. The average molecular weight is 210 g/mol. The van der Waals surface area contributed by atoms with Crippen LogP contribution in [-0.4, -0.2) is 20.9 Å². The van der Waals surface area contributed by atoms with E-state index in [-0.39, 0.29) is 0 Å². The monoisotopic (exact) mass is 210 g/mol. The van der Waals surface area contributed by atoms with Crippen LogP contribution in [-0.2, 0) is 4.79 Å². The normalized spacial score (nSPS) is 13.1. The summed E-state index contributed by atoms with van der Waals surface area (Å²) in [6, 6.07) is 0.375. The van der Waals surface area contributed by atoms with E-state index in [4.69, 9.17) is 5.11 Å². The molecule has 0 aliphatic heterocycles. The van der Waals surface area contributed by atoms with E-state index in [2.05, 4.69) is 18.9 Å². The van der Waals surface area contributed by atoms with Crippen LogP contribution >= 0.6 is 0 Å². The number of nitrogens with zero attached hydrogens (tertiary/aromatic N) is 2. The summed E-state index contributed by atoms with van der Waals surface area (Å²) in [5, 5.41) is 13.1. The molecular weight excluding hydrogens is 192 g/mol. The Balaban J connectivity index is 2.84. The zero-order valence-electron chi connectivity index (χ0n) is 9.47. The van der Waals surface area contributed by atoms with Gasteiger partial charge in [0.1, 0.15) is 0 Å². The van der Waals surface area contributed by atoms with Gasteiger partial charge in [-0.2, -0.15) is 5.10 Å². The fraction of sp³-hybridized carbons (Fsp3) is 0.636. The highest BCUT2D eigenvalue weighted by atomic mass is 16.4. The molecule has 0 aliphatic carbocycles. The Kier molecular flexibility index (Phi) is 3.88. The van der Waals surface area contributed by atoms with Gasteiger partial charge in [0.2, 0.25) is 0 Å². The Hall–Kier alpha value is -1.32. The maximum atomic E-state index is 10.8. The minimum Gasteiger partial charge on any atom is -0.481 e. The molecule has 1 atom stereocenters. The third-order valence-corrected chi connectivity index (χ3v) is 2.81. The second-order valence-corrected chi connectivity index (χ2v) is 3.78. The zero-order valence-corrected chi connectivity index (χ0v) is 9.47. The molecule has 0 saturated heterocycles. The molecule has 1 aromatic rings. The van der Waals surface area contributed by atoms with Crippen molar-refractivity contribution in [2.24, 2.45) is 0 Å². The summed E-state index contributed by atoms with van der Waals surface area (Å²) in [5.74, 6) is -1.28. The lowest BCUT2D eigenvalue weighted by molar-refractivity contribution is -0.138. The highest BCUT2D eigenvalue weighted by molar-refractivity contribution is 5.75. The Morgan fingerprint density at radius 3 is 2.60 bits per heavy atom. The first kappa shape index (κ1) is 11.8. The van der Waals surface area contributed by atoms with E-state index < -0.39 is 11.9 Å². The number of aromatic nitrogens is 2. The molecule has 0 aliphatic rings. The molecule has 0 fully saturated rings. The van der Waals surface area contributed by atoms with Crippen LogP contribution < -0.4 is 0 Å². The molecule has 4 heteroatoms. The van der Waals surface area contributed by atoms with Crippen LogP contribution in [0.3, 0.4) is 0 Å². The van der Waals surface area contributed by atoms with Gasteiger partial charge in [0.15, 0.2) is 0 Å². The highest BCUT2D eigenvalue weighted by Crippen LogP contribution is 2.19. The minimum absolute atomic E-state index is 0.375. The molecule has 0 saturated carbocycles. The number of carboxylic acids is 1. The first-order valence-corrected chi connectivity index (χ1v) is 5.37. The lowest BCUT2D eigenvalue weighted by Crippen LogP contribution is -2.08. The third kappa shape index (κ3) is 2.58. The van der Waals surface area contributed by atoms with Gasteiger partial charge in [-0.25, -0.2) is 0 Å². The minimum atomic E-state index is -0.806. The maximum absolute atomic E-state index is 10.8. The Bertz CT molecular complexity index is 329. The Morgan fingerprint density at radius 1 is 1.53 bits per heavy atom. The van der Waals surface area contributed by atoms with E-state index in [1.54, 1.807) is 13.1 Å². The molecule has 1 unspecified atom stereocenters. The second kappa shape index (κ2) is 4.96. The largest absolute Gasteiger partial charge is 0.481 e. The second-order valence-electron chi connectivity index (χ2n) is 3.78. The lowest BCUT2D eigenvalue weighted by atomic mass is 10.1. The SMILES string of the molecule is CCC(CC)n1cc(C(C)C(=O)O)cn1. The van der Waals surface area contributed by atoms with E-state index in [0.717, 1.165) is 18.4 Å². The summed E-state index contributed by atoms with van der Waals surface area (Å²) >= 11 is 0. The van der Waals surface area contributed by atoms with E-state index in [1.807, 2.05) is 10.9 Å². The van der Waals surface area contributed by atoms with Crippen LogP contribution in [0.1, 0.15) is 51.1 Å². The van der Waals surface area contributed by atoms with Crippen molar-refractivity contribution in [3.63, 3.8) is 0 Å². The van der Waals surface area contributed by atoms with Crippen LogP contribution in [0.4, 0.5) is 0 Å². The molecule has 15 heavy (non-hydrogen) atoms. The summed E-state index contributed by atoms with van der Waals surface area (Å²) < 4.78 is 1.87. The van der Waals surface area contributed by atoms with Gasteiger partial charge in [0.25, 0.3) is 0 Å². The predicted molar refractivity (Wildman–Crippen MR) is 57.9 cm³/mol.